The van der Waals surface area contributed by atoms with E-state index < -0.39 is 10.0 Å². The Balaban J connectivity index is 1.93. The zero-order chi connectivity index (χ0) is 13.6. The average Bonchev–Trinajstić information content (AvgIpc) is 2.93. The van der Waals surface area contributed by atoms with E-state index in [1.54, 1.807) is 22.5 Å². The van der Waals surface area contributed by atoms with Gasteiger partial charge in [0, 0.05) is 17.6 Å². The Morgan fingerprint density at radius 1 is 1.37 bits per heavy atom. The fourth-order valence-electron chi connectivity index (χ4n) is 3.21. The first kappa shape index (κ1) is 13.4. The quantitative estimate of drug-likeness (QED) is 0.902. The number of benzene rings is 1. The van der Waals surface area contributed by atoms with Gasteiger partial charge in [-0.25, -0.2) is 8.42 Å². The van der Waals surface area contributed by atoms with E-state index in [2.05, 4.69) is 5.32 Å². The van der Waals surface area contributed by atoms with Crippen molar-refractivity contribution in [3.8, 4) is 0 Å². The summed E-state index contributed by atoms with van der Waals surface area (Å²) in [5, 5.41) is 3.79. The molecule has 2 aliphatic rings. The van der Waals surface area contributed by atoms with Crippen molar-refractivity contribution in [1.29, 1.82) is 0 Å². The minimum Gasteiger partial charge on any atom is -0.316 e. The summed E-state index contributed by atoms with van der Waals surface area (Å²) in [6.07, 6.45) is 0. The van der Waals surface area contributed by atoms with Crippen LogP contribution in [0, 0.1) is 11.8 Å². The van der Waals surface area contributed by atoms with Gasteiger partial charge in [-0.2, -0.15) is 4.31 Å². The lowest BCUT2D eigenvalue weighted by molar-refractivity contribution is 0.360. The van der Waals surface area contributed by atoms with Gasteiger partial charge in [-0.05, 0) is 50.0 Å². The summed E-state index contributed by atoms with van der Waals surface area (Å²) >= 11 is 5.90. The molecular weight excluding hydrogens is 284 g/mol. The summed E-state index contributed by atoms with van der Waals surface area (Å²) in [6, 6.07) is 6.55. The lowest BCUT2D eigenvalue weighted by Gasteiger charge is -2.23. The van der Waals surface area contributed by atoms with Gasteiger partial charge in [0.05, 0.1) is 4.90 Å². The number of nitrogens with one attached hydrogen (secondary N) is 1. The third-order valence-electron chi connectivity index (χ3n) is 4.28. The van der Waals surface area contributed by atoms with Crippen LogP contribution < -0.4 is 5.32 Å². The zero-order valence-corrected chi connectivity index (χ0v) is 12.3. The zero-order valence-electron chi connectivity index (χ0n) is 10.7. The number of sulfonamides is 1. The first-order valence-corrected chi connectivity index (χ1v) is 8.30. The molecule has 104 valence electrons. The SMILES string of the molecule is CC1C2CNCC2CN1S(=O)(=O)c1cccc(Cl)c1. The van der Waals surface area contributed by atoms with Crippen molar-refractivity contribution in [2.24, 2.45) is 11.8 Å². The van der Waals surface area contributed by atoms with E-state index in [-0.39, 0.29) is 6.04 Å². The molecule has 3 atom stereocenters. The van der Waals surface area contributed by atoms with Crippen LogP contribution in [0.3, 0.4) is 0 Å². The maximum atomic E-state index is 12.7. The molecule has 3 rings (SSSR count). The van der Waals surface area contributed by atoms with Crippen LogP contribution in [-0.4, -0.2) is 38.4 Å². The number of hydrogen-bond donors (Lipinski definition) is 1. The number of nitrogens with zero attached hydrogens (tertiary/aromatic N) is 1. The van der Waals surface area contributed by atoms with Crippen molar-refractivity contribution in [3.63, 3.8) is 0 Å². The molecule has 0 bridgehead atoms. The maximum absolute atomic E-state index is 12.7. The molecule has 1 aromatic rings. The minimum absolute atomic E-state index is 0.0454. The van der Waals surface area contributed by atoms with Crippen LogP contribution in [0.25, 0.3) is 0 Å². The van der Waals surface area contributed by atoms with E-state index in [0.29, 0.717) is 28.3 Å². The Bertz CT molecular complexity index is 590. The predicted octanol–water partition coefficient (Wildman–Crippen LogP) is 1.57. The monoisotopic (exact) mass is 300 g/mol. The van der Waals surface area contributed by atoms with Crippen LogP contribution in [0.15, 0.2) is 29.2 Å². The number of rotatable bonds is 2. The Kier molecular flexibility index (Phi) is 3.33. The maximum Gasteiger partial charge on any atom is 0.243 e. The molecule has 6 heteroatoms. The van der Waals surface area contributed by atoms with Gasteiger partial charge in [-0.3, -0.25) is 0 Å². The van der Waals surface area contributed by atoms with Crippen molar-refractivity contribution >= 4 is 21.6 Å². The smallest absolute Gasteiger partial charge is 0.243 e. The highest BCUT2D eigenvalue weighted by molar-refractivity contribution is 7.89. The molecule has 0 aliphatic carbocycles. The summed E-state index contributed by atoms with van der Waals surface area (Å²) < 4.78 is 27.0. The highest BCUT2D eigenvalue weighted by atomic mass is 35.5. The van der Waals surface area contributed by atoms with Gasteiger partial charge in [0.1, 0.15) is 0 Å². The summed E-state index contributed by atoms with van der Waals surface area (Å²) in [5.74, 6) is 0.859. The predicted molar refractivity (Wildman–Crippen MR) is 74.7 cm³/mol. The Morgan fingerprint density at radius 3 is 2.84 bits per heavy atom. The van der Waals surface area contributed by atoms with Gasteiger partial charge in [0.2, 0.25) is 10.0 Å². The van der Waals surface area contributed by atoms with Crippen molar-refractivity contribution in [1.82, 2.24) is 9.62 Å². The van der Waals surface area contributed by atoms with Crippen molar-refractivity contribution < 1.29 is 8.42 Å². The Labute approximate surface area is 118 Å². The molecule has 2 saturated heterocycles. The molecule has 1 aromatic carbocycles. The van der Waals surface area contributed by atoms with E-state index in [4.69, 9.17) is 11.6 Å². The number of fused-ring (bicyclic) bond motifs is 1. The van der Waals surface area contributed by atoms with Gasteiger partial charge in [-0.15, -0.1) is 0 Å². The van der Waals surface area contributed by atoms with E-state index in [1.165, 1.54) is 6.07 Å². The summed E-state index contributed by atoms with van der Waals surface area (Å²) in [7, 11) is -3.43. The third-order valence-corrected chi connectivity index (χ3v) is 6.47. The second kappa shape index (κ2) is 4.74. The fourth-order valence-corrected chi connectivity index (χ4v) is 5.24. The molecule has 4 nitrogen and oxygen atoms in total. The third kappa shape index (κ3) is 2.18. The van der Waals surface area contributed by atoms with E-state index in [0.717, 1.165) is 13.1 Å². The summed E-state index contributed by atoms with van der Waals surface area (Å²) in [4.78, 5) is 0.291. The fraction of sp³-hybridized carbons (Fsp3) is 0.538. The molecule has 2 heterocycles. The lowest BCUT2D eigenvalue weighted by Crippen LogP contribution is -2.38. The first-order chi connectivity index (χ1) is 9.00. The van der Waals surface area contributed by atoms with Crippen LogP contribution in [0.5, 0.6) is 0 Å². The van der Waals surface area contributed by atoms with Gasteiger partial charge in [0.25, 0.3) is 0 Å². The lowest BCUT2D eigenvalue weighted by atomic mass is 9.95. The largest absolute Gasteiger partial charge is 0.316 e. The van der Waals surface area contributed by atoms with Crippen LogP contribution in [-0.2, 0) is 10.0 Å². The average molecular weight is 301 g/mol. The molecule has 2 aliphatic heterocycles. The van der Waals surface area contributed by atoms with Crippen molar-refractivity contribution in [2.45, 2.75) is 17.9 Å². The van der Waals surface area contributed by atoms with Crippen LogP contribution >= 0.6 is 11.6 Å². The molecule has 1 N–H and O–H groups in total. The molecule has 0 radical (unpaired) electrons. The van der Waals surface area contributed by atoms with Crippen molar-refractivity contribution in [3.05, 3.63) is 29.3 Å². The number of halogens is 1. The Morgan fingerprint density at radius 2 is 2.16 bits per heavy atom. The van der Waals surface area contributed by atoms with E-state index in [9.17, 15) is 8.42 Å². The standard InChI is InChI=1S/C13H17ClN2O2S/c1-9-13-7-15-6-10(13)8-16(9)19(17,18)12-4-2-3-11(14)5-12/h2-5,9-10,13,15H,6-8H2,1H3. The van der Waals surface area contributed by atoms with Gasteiger partial charge in [0.15, 0.2) is 0 Å². The molecule has 19 heavy (non-hydrogen) atoms. The van der Waals surface area contributed by atoms with Crippen molar-refractivity contribution in [2.75, 3.05) is 19.6 Å². The van der Waals surface area contributed by atoms with Crippen LogP contribution in [0.4, 0.5) is 0 Å². The van der Waals surface area contributed by atoms with Gasteiger partial charge < -0.3 is 5.32 Å². The second-order valence-corrected chi connectivity index (χ2v) is 7.68. The minimum atomic E-state index is -3.43. The van der Waals surface area contributed by atoms with Gasteiger partial charge >= 0.3 is 0 Å². The van der Waals surface area contributed by atoms with Crippen LogP contribution in [0.1, 0.15) is 6.92 Å². The summed E-state index contributed by atoms with van der Waals surface area (Å²) in [5.41, 5.74) is 0. The highest BCUT2D eigenvalue weighted by Crippen LogP contribution is 2.36. The topological polar surface area (TPSA) is 49.4 Å². The molecule has 3 unspecified atom stereocenters. The second-order valence-electron chi connectivity index (χ2n) is 5.35. The normalized spacial score (nSPS) is 31.6. The molecule has 0 spiro atoms. The van der Waals surface area contributed by atoms with E-state index >= 15 is 0 Å². The molecular formula is C13H17ClN2O2S. The molecule has 2 fully saturated rings. The summed E-state index contributed by atoms with van der Waals surface area (Å²) in [6.45, 7) is 4.43. The molecule has 0 aromatic heterocycles. The van der Waals surface area contributed by atoms with Gasteiger partial charge in [-0.1, -0.05) is 17.7 Å². The van der Waals surface area contributed by atoms with Crippen LogP contribution in [0.2, 0.25) is 5.02 Å². The number of hydrogen-bond acceptors (Lipinski definition) is 3. The van der Waals surface area contributed by atoms with E-state index in [1.807, 2.05) is 6.92 Å². The Hall–Kier alpha value is -0.620. The highest BCUT2D eigenvalue weighted by Gasteiger charge is 2.46. The molecule has 0 amide bonds. The first-order valence-electron chi connectivity index (χ1n) is 6.48. The molecule has 0 saturated carbocycles.